The van der Waals surface area contributed by atoms with E-state index in [2.05, 4.69) is 26.0 Å². The van der Waals surface area contributed by atoms with Gasteiger partial charge in [-0.3, -0.25) is 9.89 Å². The molecule has 0 bridgehead atoms. The summed E-state index contributed by atoms with van der Waals surface area (Å²) in [5, 5.41) is 2.81. The third kappa shape index (κ3) is 1.78. The zero-order valence-electron chi connectivity index (χ0n) is 8.72. The SMILES string of the molecule is O=c1cc(-c2ccc(Br)cc2)nc2cc[nH]n12. The first kappa shape index (κ1) is 10.3. The Bertz CT molecular complexity index is 727. The molecule has 0 fully saturated rings. The van der Waals surface area contributed by atoms with E-state index in [1.54, 1.807) is 12.3 Å². The molecule has 3 rings (SSSR count). The van der Waals surface area contributed by atoms with Crippen molar-refractivity contribution in [2.45, 2.75) is 0 Å². The molecule has 2 aromatic heterocycles. The number of nitrogens with one attached hydrogen (secondary N) is 1. The van der Waals surface area contributed by atoms with Crippen LogP contribution in [0.2, 0.25) is 0 Å². The van der Waals surface area contributed by atoms with E-state index in [1.165, 1.54) is 10.6 Å². The van der Waals surface area contributed by atoms with Crippen molar-refractivity contribution in [2.75, 3.05) is 0 Å². The maximum Gasteiger partial charge on any atom is 0.273 e. The van der Waals surface area contributed by atoms with Gasteiger partial charge in [-0.2, -0.15) is 0 Å². The fraction of sp³-hybridized carbons (Fsp3) is 0. The predicted octanol–water partition coefficient (Wildman–Crippen LogP) is 2.45. The van der Waals surface area contributed by atoms with Crippen LogP contribution in [0.15, 0.2) is 51.9 Å². The first-order valence-corrected chi connectivity index (χ1v) is 5.86. The van der Waals surface area contributed by atoms with Crippen molar-refractivity contribution in [3.63, 3.8) is 0 Å². The van der Waals surface area contributed by atoms with E-state index in [0.29, 0.717) is 11.3 Å². The lowest BCUT2D eigenvalue weighted by Gasteiger charge is -2.01. The molecule has 0 atom stereocenters. The highest BCUT2D eigenvalue weighted by Gasteiger charge is 2.04. The van der Waals surface area contributed by atoms with Gasteiger partial charge < -0.3 is 0 Å². The zero-order valence-corrected chi connectivity index (χ0v) is 10.3. The highest BCUT2D eigenvalue weighted by molar-refractivity contribution is 9.10. The van der Waals surface area contributed by atoms with Crippen molar-refractivity contribution in [1.82, 2.24) is 14.6 Å². The van der Waals surface area contributed by atoms with Gasteiger partial charge in [0.25, 0.3) is 5.56 Å². The van der Waals surface area contributed by atoms with Gasteiger partial charge in [0.2, 0.25) is 0 Å². The Morgan fingerprint density at radius 3 is 2.71 bits per heavy atom. The minimum Gasteiger partial charge on any atom is -0.297 e. The fourth-order valence-corrected chi connectivity index (χ4v) is 1.96. The average molecular weight is 290 g/mol. The molecule has 0 amide bonds. The molecule has 0 aliphatic carbocycles. The molecule has 0 aliphatic rings. The number of rotatable bonds is 1. The summed E-state index contributed by atoms with van der Waals surface area (Å²) in [5.41, 5.74) is 2.12. The van der Waals surface area contributed by atoms with Crippen LogP contribution < -0.4 is 5.56 Å². The van der Waals surface area contributed by atoms with Crippen molar-refractivity contribution in [3.8, 4) is 11.3 Å². The second kappa shape index (κ2) is 3.85. The van der Waals surface area contributed by atoms with Crippen LogP contribution in [0.3, 0.4) is 0 Å². The number of hydrogen-bond donors (Lipinski definition) is 1. The van der Waals surface area contributed by atoms with Crippen LogP contribution in [0.5, 0.6) is 0 Å². The Hall–Kier alpha value is -1.88. The van der Waals surface area contributed by atoms with Crippen molar-refractivity contribution < 1.29 is 0 Å². The quantitative estimate of drug-likeness (QED) is 0.748. The third-order valence-corrected chi connectivity index (χ3v) is 3.05. The molecule has 17 heavy (non-hydrogen) atoms. The lowest BCUT2D eigenvalue weighted by Crippen LogP contribution is -2.13. The monoisotopic (exact) mass is 289 g/mol. The van der Waals surface area contributed by atoms with E-state index >= 15 is 0 Å². The number of benzene rings is 1. The minimum absolute atomic E-state index is 0.113. The highest BCUT2D eigenvalue weighted by atomic mass is 79.9. The lowest BCUT2D eigenvalue weighted by molar-refractivity contribution is 0.901. The molecule has 5 heteroatoms. The number of aromatic amines is 1. The van der Waals surface area contributed by atoms with Gasteiger partial charge >= 0.3 is 0 Å². The number of nitrogens with zero attached hydrogens (tertiary/aromatic N) is 2. The number of fused-ring (bicyclic) bond motifs is 1. The zero-order chi connectivity index (χ0) is 11.8. The Morgan fingerprint density at radius 1 is 1.18 bits per heavy atom. The molecule has 1 N–H and O–H groups in total. The topological polar surface area (TPSA) is 50.2 Å². The molecule has 0 aliphatic heterocycles. The van der Waals surface area contributed by atoms with Crippen LogP contribution in [0, 0.1) is 0 Å². The van der Waals surface area contributed by atoms with Gasteiger partial charge in [-0.25, -0.2) is 9.50 Å². The lowest BCUT2D eigenvalue weighted by atomic mass is 10.1. The molecular formula is C12H8BrN3O. The summed E-state index contributed by atoms with van der Waals surface area (Å²) in [6, 6.07) is 11.0. The third-order valence-electron chi connectivity index (χ3n) is 2.52. The van der Waals surface area contributed by atoms with Crippen LogP contribution >= 0.6 is 15.9 Å². The van der Waals surface area contributed by atoms with Crippen molar-refractivity contribution >= 4 is 21.6 Å². The summed E-state index contributed by atoms with van der Waals surface area (Å²) >= 11 is 3.37. The fourth-order valence-electron chi connectivity index (χ4n) is 1.70. The van der Waals surface area contributed by atoms with Crippen LogP contribution in [0.25, 0.3) is 16.9 Å². The van der Waals surface area contributed by atoms with Gasteiger partial charge in [-0.05, 0) is 12.1 Å². The summed E-state index contributed by atoms with van der Waals surface area (Å²) in [6.07, 6.45) is 1.69. The summed E-state index contributed by atoms with van der Waals surface area (Å²) in [6.45, 7) is 0. The minimum atomic E-state index is -0.113. The van der Waals surface area contributed by atoms with Crippen LogP contribution in [0.1, 0.15) is 0 Å². The molecule has 0 saturated carbocycles. The molecule has 0 saturated heterocycles. The molecule has 1 aromatic carbocycles. The number of halogens is 1. The largest absolute Gasteiger partial charge is 0.297 e. The van der Waals surface area contributed by atoms with E-state index in [9.17, 15) is 4.79 Å². The van der Waals surface area contributed by atoms with E-state index in [1.807, 2.05) is 24.3 Å². The van der Waals surface area contributed by atoms with Gasteiger partial charge in [0.15, 0.2) is 5.65 Å². The number of hydrogen-bond acceptors (Lipinski definition) is 2. The number of aromatic nitrogens is 3. The Balaban J connectivity index is 2.23. The standard InChI is InChI=1S/C12H8BrN3O/c13-9-3-1-8(2-4-9)10-7-12(17)16-11(15-10)5-6-14-16/h1-7,14H. The molecule has 4 nitrogen and oxygen atoms in total. The first-order chi connectivity index (χ1) is 8.24. The maximum atomic E-state index is 11.8. The maximum absolute atomic E-state index is 11.8. The highest BCUT2D eigenvalue weighted by Crippen LogP contribution is 2.19. The van der Waals surface area contributed by atoms with E-state index in [-0.39, 0.29) is 5.56 Å². The molecular weight excluding hydrogens is 282 g/mol. The Labute approximate surface area is 105 Å². The summed E-state index contributed by atoms with van der Waals surface area (Å²) in [7, 11) is 0. The smallest absolute Gasteiger partial charge is 0.273 e. The molecule has 0 radical (unpaired) electrons. The van der Waals surface area contributed by atoms with Crippen LogP contribution in [0.4, 0.5) is 0 Å². The van der Waals surface area contributed by atoms with Gasteiger partial charge in [0, 0.05) is 28.4 Å². The first-order valence-electron chi connectivity index (χ1n) is 5.07. The van der Waals surface area contributed by atoms with Gasteiger partial charge in [-0.15, -0.1) is 0 Å². The Morgan fingerprint density at radius 2 is 1.94 bits per heavy atom. The van der Waals surface area contributed by atoms with E-state index in [0.717, 1.165) is 10.0 Å². The second-order valence-corrected chi connectivity index (χ2v) is 4.56. The van der Waals surface area contributed by atoms with Crippen molar-refractivity contribution in [2.24, 2.45) is 0 Å². The molecule has 0 unspecified atom stereocenters. The van der Waals surface area contributed by atoms with Crippen LogP contribution in [-0.4, -0.2) is 14.6 Å². The summed E-state index contributed by atoms with van der Waals surface area (Å²) in [5.74, 6) is 0. The second-order valence-electron chi connectivity index (χ2n) is 3.64. The van der Waals surface area contributed by atoms with Crippen molar-refractivity contribution in [3.05, 3.63) is 57.4 Å². The normalized spacial score (nSPS) is 10.9. The van der Waals surface area contributed by atoms with Gasteiger partial charge in [0.05, 0.1) is 5.69 Å². The summed E-state index contributed by atoms with van der Waals surface area (Å²) in [4.78, 5) is 16.2. The average Bonchev–Trinajstić information content (AvgIpc) is 2.78. The molecule has 3 aromatic rings. The van der Waals surface area contributed by atoms with E-state index < -0.39 is 0 Å². The number of H-pyrrole nitrogens is 1. The van der Waals surface area contributed by atoms with Crippen LogP contribution in [-0.2, 0) is 0 Å². The van der Waals surface area contributed by atoms with Gasteiger partial charge in [-0.1, -0.05) is 28.1 Å². The van der Waals surface area contributed by atoms with Crippen molar-refractivity contribution in [1.29, 1.82) is 0 Å². The van der Waals surface area contributed by atoms with Gasteiger partial charge in [0.1, 0.15) is 0 Å². The molecule has 2 heterocycles. The molecule has 0 spiro atoms. The summed E-state index contributed by atoms with van der Waals surface area (Å²) < 4.78 is 2.41. The Kier molecular flexibility index (Phi) is 2.33. The van der Waals surface area contributed by atoms with E-state index in [4.69, 9.17) is 0 Å². The molecule has 84 valence electrons. The predicted molar refractivity (Wildman–Crippen MR) is 68.9 cm³/mol.